The van der Waals surface area contributed by atoms with Crippen molar-refractivity contribution in [3.05, 3.63) is 82.3 Å². The Morgan fingerprint density at radius 1 is 0.881 bits per heavy atom. The van der Waals surface area contributed by atoms with E-state index in [1.807, 2.05) is 6.92 Å². The van der Waals surface area contributed by atoms with Gasteiger partial charge in [-0.1, -0.05) is 109 Å². The number of hydrogen-bond donors (Lipinski definition) is 1. The number of para-hydroxylation sites is 1. The zero-order chi connectivity index (χ0) is 31.1. The molecule has 3 aromatic rings. The molecule has 0 bridgehead atoms. The van der Waals surface area contributed by atoms with Crippen molar-refractivity contribution in [2.75, 3.05) is 0 Å². The van der Waals surface area contributed by atoms with E-state index in [2.05, 4.69) is 69.6 Å². The predicted octanol–water partition coefficient (Wildman–Crippen LogP) is 12.9. The molecule has 42 heavy (non-hydrogen) atoms. The molecule has 1 unspecified atom stereocenters. The largest absolute Gasteiger partial charge is 0.358 e. The van der Waals surface area contributed by atoms with Crippen LogP contribution in [0.4, 0.5) is 8.78 Å². The standard InChI is InChI=1S/C34H48FN.C5H11F/c1-6-17-25(3)19-13-11-9-8-10-12-14-20-28-23-26(4)33(31(35)24-28)27(5)34-30(18-7-2)29-21-15-16-22-32(29)36-34;1-4-5(2,3)6/h15-16,21-24,27,36H,3,6-14,17-20H2,1-2,4-5H3;4H2,1-3H3. The fourth-order valence-electron chi connectivity index (χ4n) is 5.84. The number of hydrogen-bond acceptors (Lipinski definition) is 0. The fraction of sp³-hybridized carbons (Fsp3) is 0.590. The molecule has 1 aromatic heterocycles. The molecule has 3 heteroatoms. The lowest BCUT2D eigenvalue weighted by Gasteiger charge is -2.18. The van der Waals surface area contributed by atoms with Gasteiger partial charge in [0.2, 0.25) is 0 Å². The molecule has 0 aliphatic carbocycles. The number of benzene rings is 2. The van der Waals surface area contributed by atoms with Crippen LogP contribution in [0.3, 0.4) is 0 Å². The second-order valence-corrected chi connectivity index (χ2v) is 12.9. The molecule has 1 nitrogen and oxygen atoms in total. The van der Waals surface area contributed by atoms with E-state index in [1.54, 1.807) is 19.9 Å². The average molecular weight is 580 g/mol. The molecular formula is C39H59F2N. The molecule has 0 spiro atoms. The van der Waals surface area contributed by atoms with Crippen LogP contribution in [0.25, 0.3) is 10.9 Å². The average Bonchev–Trinajstić information content (AvgIpc) is 3.30. The molecule has 1 heterocycles. The van der Waals surface area contributed by atoms with E-state index in [1.165, 1.54) is 80.0 Å². The Hall–Kier alpha value is -2.42. The van der Waals surface area contributed by atoms with Gasteiger partial charge < -0.3 is 4.98 Å². The first-order valence-corrected chi connectivity index (χ1v) is 16.8. The molecule has 1 N–H and O–H groups in total. The van der Waals surface area contributed by atoms with Crippen molar-refractivity contribution in [3.8, 4) is 0 Å². The molecule has 0 aliphatic rings. The van der Waals surface area contributed by atoms with E-state index in [0.29, 0.717) is 6.42 Å². The summed E-state index contributed by atoms with van der Waals surface area (Å²) in [6.07, 6.45) is 16.2. The Labute approximate surface area is 256 Å². The monoisotopic (exact) mass is 579 g/mol. The van der Waals surface area contributed by atoms with Crippen LogP contribution in [-0.4, -0.2) is 10.7 Å². The van der Waals surface area contributed by atoms with Crippen LogP contribution < -0.4 is 0 Å². The summed E-state index contributed by atoms with van der Waals surface area (Å²) in [6, 6.07) is 12.5. The SMILES string of the molecule is C=C(CCC)CCCCCCCCCc1cc(C)c(C(C)c2[nH]c3ccccc3c2CCC)c(F)c1.CCC(C)(C)F. The molecule has 234 valence electrons. The summed E-state index contributed by atoms with van der Waals surface area (Å²) in [5.41, 5.74) is 7.17. The van der Waals surface area contributed by atoms with Gasteiger partial charge in [0.05, 0.1) is 0 Å². The van der Waals surface area contributed by atoms with E-state index < -0.39 is 5.67 Å². The van der Waals surface area contributed by atoms with Crippen molar-refractivity contribution in [2.45, 2.75) is 150 Å². The number of aryl methyl sites for hydroxylation is 3. The van der Waals surface area contributed by atoms with Gasteiger partial charge in [0.15, 0.2) is 0 Å². The fourth-order valence-corrected chi connectivity index (χ4v) is 5.84. The van der Waals surface area contributed by atoms with Gasteiger partial charge in [-0.3, -0.25) is 0 Å². The second kappa shape index (κ2) is 18.3. The van der Waals surface area contributed by atoms with Crippen molar-refractivity contribution >= 4 is 10.9 Å². The highest BCUT2D eigenvalue weighted by molar-refractivity contribution is 5.85. The van der Waals surface area contributed by atoms with E-state index in [-0.39, 0.29) is 11.7 Å². The van der Waals surface area contributed by atoms with Gasteiger partial charge in [-0.2, -0.15) is 0 Å². The minimum Gasteiger partial charge on any atom is -0.358 e. The lowest BCUT2D eigenvalue weighted by atomic mass is 9.88. The number of unbranched alkanes of at least 4 members (excludes halogenated alkanes) is 6. The smallest absolute Gasteiger partial charge is 0.127 e. The maximum Gasteiger partial charge on any atom is 0.127 e. The van der Waals surface area contributed by atoms with Crippen LogP contribution in [0.2, 0.25) is 0 Å². The minimum absolute atomic E-state index is 0.00661. The van der Waals surface area contributed by atoms with Crippen LogP contribution in [0.15, 0.2) is 48.6 Å². The van der Waals surface area contributed by atoms with E-state index in [4.69, 9.17) is 0 Å². The number of H-pyrrole nitrogens is 1. The van der Waals surface area contributed by atoms with E-state index in [9.17, 15) is 4.39 Å². The minimum atomic E-state index is -0.958. The van der Waals surface area contributed by atoms with Crippen molar-refractivity contribution in [3.63, 3.8) is 0 Å². The molecule has 2 aromatic carbocycles. The Bertz CT molecular complexity index is 1190. The molecule has 0 radical (unpaired) electrons. The van der Waals surface area contributed by atoms with Crippen LogP contribution in [0, 0.1) is 12.7 Å². The quantitative estimate of drug-likeness (QED) is 0.121. The lowest BCUT2D eigenvalue weighted by molar-refractivity contribution is 0.210. The van der Waals surface area contributed by atoms with Crippen LogP contribution in [0.5, 0.6) is 0 Å². The number of nitrogens with one attached hydrogen (secondary N) is 1. The molecule has 3 rings (SSSR count). The third-order valence-electron chi connectivity index (χ3n) is 8.55. The normalized spacial score (nSPS) is 12.3. The maximum atomic E-state index is 15.5. The molecule has 0 fully saturated rings. The van der Waals surface area contributed by atoms with Gasteiger partial charge in [-0.15, -0.1) is 0 Å². The number of aromatic nitrogens is 1. The van der Waals surface area contributed by atoms with Crippen molar-refractivity contribution in [1.82, 2.24) is 4.98 Å². The highest BCUT2D eigenvalue weighted by atomic mass is 19.1. The molecule has 0 saturated carbocycles. The molecule has 1 atom stereocenters. The summed E-state index contributed by atoms with van der Waals surface area (Å²) < 4.78 is 27.6. The Balaban J connectivity index is 0.000000928. The molecular weight excluding hydrogens is 520 g/mol. The van der Waals surface area contributed by atoms with Gasteiger partial charge in [0.25, 0.3) is 0 Å². The number of allylic oxidation sites excluding steroid dienone is 1. The van der Waals surface area contributed by atoms with Gasteiger partial charge in [-0.05, 0) is 100 Å². The van der Waals surface area contributed by atoms with Gasteiger partial charge in [-0.25, -0.2) is 8.78 Å². The Kier molecular flexibility index (Phi) is 15.6. The zero-order valence-corrected chi connectivity index (χ0v) is 27.9. The van der Waals surface area contributed by atoms with Gasteiger partial charge in [0.1, 0.15) is 11.5 Å². The molecule has 0 saturated heterocycles. The third-order valence-corrected chi connectivity index (χ3v) is 8.55. The first-order chi connectivity index (χ1) is 20.0. The number of aromatic amines is 1. The van der Waals surface area contributed by atoms with Crippen LogP contribution in [-0.2, 0) is 12.8 Å². The summed E-state index contributed by atoms with van der Waals surface area (Å²) in [4.78, 5) is 3.62. The maximum absolute atomic E-state index is 15.5. The van der Waals surface area contributed by atoms with Crippen molar-refractivity contribution in [2.24, 2.45) is 0 Å². The van der Waals surface area contributed by atoms with Crippen molar-refractivity contribution in [1.29, 1.82) is 0 Å². The summed E-state index contributed by atoms with van der Waals surface area (Å²) >= 11 is 0. The highest BCUT2D eigenvalue weighted by Crippen LogP contribution is 2.35. The number of halogens is 2. The number of fused-ring (bicyclic) bond motifs is 1. The summed E-state index contributed by atoms with van der Waals surface area (Å²) in [5, 5.41) is 1.28. The van der Waals surface area contributed by atoms with Gasteiger partial charge in [0, 0.05) is 22.5 Å². The van der Waals surface area contributed by atoms with Crippen LogP contribution in [0.1, 0.15) is 152 Å². The van der Waals surface area contributed by atoms with Crippen LogP contribution >= 0.6 is 0 Å². The second-order valence-electron chi connectivity index (χ2n) is 12.9. The molecule has 0 amide bonds. The first-order valence-electron chi connectivity index (χ1n) is 16.8. The number of rotatable bonds is 17. The third kappa shape index (κ3) is 11.7. The van der Waals surface area contributed by atoms with E-state index in [0.717, 1.165) is 47.9 Å². The summed E-state index contributed by atoms with van der Waals surface area (Å²) in [5.74, 6) is -0.0459. The first kappa shape index (κ1) is 35.8. The predicted molar refractivity (Wildman–Crippen MR) is 181 cm³/mol. The zero-order valence-electron chi connectivity index (χ0n) is 27.9. The Morgan fingerprint density at radius 3 is 2.10 bits per heavy atom. The summed E-state index contributed by atoms with van der Waals surface area (Å²) in [6.45, 7) is 17.8. The van der Waals surface area contributed by atoms with Gasteiger partial charge >= 0.3 is 0 Å². The molecule has 0 aliphatic heterocycles. The van der Waals surface area contributed by atoms with Crippen molar-refractivity contribution < 1.29 is 8.78 Å². The number of alkyl halides is 1. The topological polar surface area (TPSA) is 15.8 Å². The highest BCUT2D eigenvalue weighted by Gasteiger charge is 2.22. The Morgan fingerprint density at radius 2 is 1.50 bits per heavy atom. The summed E-state index contributed by atoms with van der Waals surface area (Å²) in [7, 11) is 0. The van der Waals surface area contributed by atoms with E-state index >= 15 is 4.39 Å². The lowest BCUT2D eigenvalue weighted by Crippen LogP contribution is -2.07.